The zero-order chi connectivity index (χ0) is 9.97. The van der Waals surface area contributed by atoms with Crippen LogP contribution in [0, 0.1) is 0 Å². The Kier molecular flexibility index (Phi) is 2.35. The predicted molar refractivity (Wildman–Crippen MR) is 58.6 cm³/mol. The highest BCUT2D eigenvalue weighted by molar-refractivity contribution is 5.78. The van der Waals surface area contributed by atoms with Gasteiger partial charge in [-0.3, -0.25) is 4.79 Å². The summed E-state index contributed by atoms with van der Waals surface area (Å²) in [6.45, 7) is 2.14. The Morgan fingerprint density at radius 3 is 2.93 bits per heavy atom. The van der Waals surface area contributed by atoms with Crippen molar-refractivity contribution in [2.45, 2.75) is 19.8 Å². The van der Waals surface area contributed by atoms with Gasteiger partial charge in [-0.2, -0.15) is 0 Å². The second-order valence-electron chi connectivity index (χ2n) is 3.47. The highest BCUT2D eigenvalue weighted by Crippen LogP contribution is 2.11. The Morgan fingerprint density at radius 2 is 2.14 bits per heavy atom. The SMILES string of the molecule is CCCc1ccc2[nH]ccc(=O)c2c1. The van der Waals surface area contributed by atoms with Gasteiger partial charge in [-0.15, -0.1) is 0 Å². The second kappa shape index (κ2) is 3.66. The van der Waals surface area contributed by atoms with E-state index in [-0.39, 0.29) is 5.43 Å². The first-order valence-corrected chi connectivity index (χ1v) is 4.91. The first kappa shape index (κ1) is 9.00. The fourth-order valence-electron chi connectivity index (χ4n) is 1.66. The lowest BCUT2D eigenvalue weighted by Crippen LogP contribution is -2.00. The Hall–Kier alpha value is -1.57. The van der Waals surface area contributed by atoms with E-state index in [1.807, 2.05) is 12.1 Å². The Morgan fingerprint density at radius 1 is 1.29 bits per heavy atom. The lowest BCUT2D eigenvalue weighted by Gasteiger charge is -2.00. The fraction of sp³-hybridized carbons (Fsp3) is 0.250. The molecule has 0 aliphatic carbocycles. The summed E-state index contributed by atoms with van der Waals surface area (Å²) in [5.74, 6) is 0. The van der Waals surface area contributed by atoms with Gasteiger partial charge in [0.1, 0.15) is 0 Å². The Bertz CT molecular complexity index is 499. The lowest BCUT2D eigenvalue weighted by atomic mass is 10.1. The molecule has 1 aromatic heterocycles. The quantitative estimate of drug-likeness (QED) is 0.769. The summed E-state index contributed by atoms with van der Waals surface area (Å²) in [5.41, 5.74) is 2.24. The van der Waals surface area contributed by atoms with Gasteiger partial charge in [0.05, 0.1) is 0 Å². The first-order chi connectivity index (χ1) is 6.81. The van der Waals surface area contributed by atoms with Crippen LogP contribution in [0.15, 0.2) is 35.3 Å². The van der Waals surface area contributed by atoms with Crippen LogP contribution in [0.4, 0.5) is 0 Å². The van der Waals surface area contributed by atoms with Gasteiger partial charge in [-0.05, 0) is 24.1 Å². The number of nitrogens with one attached hydrogen (secondary N) is 1. The first-order valence-electron chi connectivity index (χ1n) is 4.91. The van der Waals surface area contributed by atoms with Crippen LogP contribution in [0.5, 0.6) is 0 Å². The number of hydrogen-bond donors (Lipinski definition) is 1. The third-order valence-corrected chi connectivity index (χ3v) is 2.36. The number of hydrogen-bond acceptors (Lipinski definition) is 1. The van der Waals surface area contributed by atoms with Crippen LogP contribution in [0.2, 0.25) is 0 Å². The van der Waals surface area contributed by atoms with E-state index in [0.717, 1.165) is 23.7 Å². The van der Waals surface area contributed by atoms with Crippen molar-refractivity contribution in [1.82, 2.24) is 4.98 Å². The van der Waals surface area contributed by atoms with Crippen molar-refractivity contribution in [3.8, 4) is 0 Å². The molecule has 0 unspecified atom stereocenters. The van der Waals surface area contributed by atoms with Crippen molar-refractivity contribution in [2.24, 2.45) is 0 Å². The van der Waals surface area contributed by atoms with Gasteiger partial charge in [0, 0.05) is 23.2 Å². The van der Waals surface area contributed by atoms with Gasteiger partial charge in [-0.1, -0.05) is 19.4 Å². The van der Waals surface area contributed by atoms with Crippen LogP contribution in [-0.2, 0) is 6.42 Å². The molecule has 14 heavy (non-hydrogen) atoms. The third-order valence-electron chi connectivity index (χ3n) is 2.36. The molecule has 1 heterocycles. The predicted octanol–water partition coefficient (Wildman–Crippen LogP) is 2.48. The third kappa shape index (κ3) is 1.55. The van der Waals surface area contributed by atoms with Crippen LogP contribution in [0.25, 0.3) is 10.9 Å². The minimum absolute atomic E-state index is 0.0942. The largest absolute Gasteiger partial charge is 0.361 e. The standard InChI is InChI=1S/C12H13NO/c1-2-3-9-4-5-11-10(8-9)12(14)6-7-13-11/h4-8H,2-3H2,1H3,(H,13,14). The summed E-state index contributed by atoms with van der Waals surface area (Å²) in [7, 11) is 0. The van der Waals surface area contributed by atoms with Crippen molar-refractivity contribution >= 4 is 10.9 Å². The van der Waals surface area contributed by atoms with E-state index in [2.05, 4.69) is 18.0 Å². The average Bonchev–Trinajstić information content (AvgIpc) is 2.20. The molecule has 0 saturated carbocycles. The number of benzene rings is 1. The molecule has 2 heteroatoms. The van der Waals surface area contributed by atoms with Crippen LogP contribution < -0.4 is 5.43 Å². The van der Waals surface area contributed by atoms with Crippen molar-refractivity contribution < 1.29 is 0 Å². The van der Waals surface area contributed by atoms with Gasteiger partial charge in [0.15, 0.2) is 5.43 Å². The fourth-order valence-corrected chi connectivity index (χ4v) is 1.66. The second-order valence-corrected chi connectivity index (χ2v) is 3.47. The molecule has 0 atom stereocenters. The average molecular weight is 187 g/mol. The maximum Gasteiger partial charge on any atom is 0.189 e. The van der Waals surface area contributed by atoms with Gasteiger partial charge >= 0.3 is 0 Å². The van der Waals surface area contributed by atoms with Gasteiger partial charge in [0.25, 0.3) is 0 Å². The molecule has 0 spiro atoms. The molecule has 0 amide bonds. The number of fused-ring (bicyclic) bond motifs is 1. The summed E-state index contributed by atoms with van der Waals surface area (Å²) in [5, 5.41) is 0.790. The molecular weight excluding hydrogens is 174 g/mol. The van der Waals surface area contributed by atoms with E-state index in [9.17, 15) is 4.79 Å². The van der Waals surface area contributed by atoms with Crippen molar-refractivity contribution in [3.05, 3.63) is 46.2 Å². The van der Waals surface area contributed by atoms with Crippen molar-refractivity contribution in [1.29, 1.82) is 0 Å². The van der Waals surface area contributed by atoms with Gasteiger partial charge < -0.3 is 4.98 Å². The maximum atomic E-state index is 11.5. The maximum absolute atomic E-state index is 11.5. The minimum Gasteiger partial charge on any atom is -0.361 e. The topological polar surface area (TPSA) is 32.9 Å². The molecule has 0 bridgehead atoms. The van der Waals surface area contributed by atoms with E-state index in [1.165, 1.54) is 5.56 Å². The zero-order valence-electron chi connectivity index (χ0n) is 8.21. The van der Waals surface area contributed by atoms with Crippen LogP contribution >= 0.6 is 0 Å². The minimum atomic E-state index is 0.0942. The highest BCUT2D eigenvalue weighted by Gasteiger charge is 1.98. The smallest absolute Gasteiger partial charge is 0.189 e. The number of pyridine rings is 1. The zero-order valence-corrected chi connectivity index (χ0v) is 8.21. The van der Waals surface area contributed by atoms with E-state index >= 15 is 0 Å². The summed E-state index contributed by atoms with van der Waals surface area (Å²) in [6.07, 6.45) is 3.82. The number of aromatic amines is 1. The van der Waals surface area contributed by atoms with E-state index in [0.29, 0.717) is 0 Å². The summed E-state index contributed by atoms with van der Waals surface area (Å²) in [6, 6.07) is 7.60. The van der Waals surface area contributed by atoms with E-state index in [4.69, 9.17) is 0 Å². The summed E-state index contributed by atoms with van der Waals surface area (Å²) >= 11 is 0. The van der Waals surface area contributed by atoms with Crippen molar-refractivity contribution in [3.63, 3.8) is 0 Å². The molecule has 0 aliphatic heterocycles. The van der Waals surface area contributed by atoms with E-state index in [1.54, 1.807) is 12.3 Å². The van der Waals surface area contributed by atoms with Gasteiger partial charge in [0.2, 0.25) is 0 Å². The molecule has 2 nitrogen and oxygen atoms in total. The lowest BCUT2D eigenvalue weighted by molar-refractivity contribution is 0.923. The molecule has 0 aliphatic rings. The Balaban J connectivity index is 2.64. The highest BCUT2D eigenvalue weighted by atomic mass is 16.1. The molecule has 0 radical (unpaired) electrons. The van der Waals surface area contributed by atoms with E-state index < -0.39 is 0 Å². The van der Waals surface area contributed by atoms with Gasteiger partial charge in [-0.25, -0.2) is 0 Å². The van der Waals surface area contributed by atoms with Crippen LogP contribution in [0.3, 0.4) is 0 Å². The molecule has 1 N–H and O–H groups in total. The Labute approximate surface area is 82.6 Å². The molecule has 2 rings (SSSR count). The normalized spacial score (nSPS) is 10.6. The number of aromatic nitrogens is 1. The molecule has 2 aromatic rings. The number of aryl methyl sites for hydroxylation is 1. The monoisotopic (exact) mass is 187 g/mol. The van der Waals surface area contributed by atoms with Crippen LogP contribution in [0.1, 0.15) is 18.9 Å². The molecule has 1 aromatic carbocycles. The number of H-pyrrole nitrogens is 1. The number of rotatable bonds is 2. The molecular formula is C12H13NO. The van der Waals surface area contributed by atoms with Crippen LogP contribution in [-0.4, -0.2) is 4.98 Å². The molecule has 0 saturated heterocycles. The summed E-state index contributed by atoms with van der Waals surface area (Å²) < 4.78 is 0. The summed E-state index contributed by atoms with van der Waals surface area (Å²) in [4.78, 5) is 14.6. The van der Waals surface area contributed by atoms with Crippen molar-refractivity contribution in [2.75, 3.05) is 0 Å². The molecule has 72 valence electrons. The molecule has 0 fully saturated rings.